The number of halogens is 2. The van der Waals surface area contributed by atoms with Crippen LogP contribution in [0.4, 0.5) is 20.7 Å². The molecule has 0 unspecified atom stereocenters. The van der Waals surface area contributed by atoms with E-state index in [1.165, 1.54) is 12.1 Å². The molecule has 0 aliphatic carbocycles. The lowest BCUT2D eigenvalue weighted by molar-refractivity contribution is 0.184. The van der Waals surface area contributed by atoms with E-state index in [0.717, 1.165) is 27.8 Å². The van der Waals surface area contributed by atoms with E-state index in [1.54, 1.807) is 29.2 Å². The number of nitrogens with zero attached hydrogens (tertiary/aromatic N) is 5. The highest BCUT2D eigenvalue weighted by molar-refractivity contribution is 6.00. The van der Waals surface area contributed by atoms with Gasteiger partial charge in [-0.15, -0.1) is 22.6 Å². The first-order valence-corrected chi connectivity index (χ1v) is 11.4. The molecule has 0 bridgehead atoms. The summed E-state index contributed by atoms with van der Waals surface area (Å²) in [5.41, 5.74) is 2.81. The predicted molar refractivity (Wildman–Crippen MR) is 141 cm³/mol. The van der Waals surface area contributed by atoms with E-state index < -0.39 is 0 Å². The second kappa shape index (κ2) is 10.6. The molecule has 0 radical (unpaired) electrons. The van der Waals surface area contributed by atoms with Crippen molar-refractivity contribution in [3.05, 3.63) is 84.2 Å². The van der Waals surface area contributed by atoms with E-state index in [9.17, 15) is 9.18 Å². The molecule has 1 N–H and O–H groups in total. The minimum Gasteiger partial charge on any atom is -0.351 e. The van der Waals surface area contributed by atoms with Gasteiger partial charge in [-0.25, -0.2) is 9.18 Å². The molecule has 1 atom stereocenters. The van der Waals surface area contributed by atoms with Crippen LogP contribution in [0.15, 0.2) is 72.8 Å². The summed E-state index contributed by atoms with van der Waals surface area (Å²) in [7, 11) is 0. The predicted octanol–water partition coefficient (Wildman–Crippen LogP) is 5.47. The second-order valence-electron chi connectivity index (χ2n) is 8.53. The van der Waals surface area contributed by atoms with Crippen LogP contribution in [0.2, 0.25) is 0 Å². The maximum absolute atomic E-state index is 13.2. The van der Waals surface area contributed by atoms with Crippen LogP contribution < -0.4 is 10.2 Å². The standard InChI is InChI=1S/C27H23FN6O.ClH/c1-18-17-33(14-15-34(18)27(35)30-22-12-10-21(28)11-13-22)26-24-5-3-2-4-23(24)25(31-32-26)20-8-6-19(16-29)7-9-20;/h2-13,18H,14-15,17H2,1H3,(H,30,35);1H/t18-;/m0./s1. The first-order valence-electron chi connectivity index (χ1n) is 11.4. The number of nitriles is 1. The van der Waals surface area contributed by atoms with Crippen molar-refractivity contribution < 1.29 is 9.18 Å². The van der Waals surface area contributed by atoms with Crippen molar-refractivity contribution in [3.63, 3.8) is 0 Å². The van der Waals surface area contributed by atoms with Crippen LogP contribution in [0.1, 0.15) is 12.5 Å². The van der Waals surface area contributed by atoms with Gasteiger partial charge in [0.05, 0.1) is 11.6 Å². The Morgan fingerprint density at radius 2 is 1.69 bits per heavy atom. The van der Waals surface area contributed by atoms with Crippen molar-refractivity contribution in [1.29, 1.82) is 5.26 Å². The summed E-state index contributed by atoms with van der Waals surface area (Å²) in [5, 5.41) is 23.0. The number of rotatable bonds is 3. The maximum Gasteiger partial charge on any atom is 0.322 e. The fourth-order valence-electron chi connectivity index (χ4n) is 4.42. The molecule has 182 valence electrons. The number of anilines is 2. The van der Waals surface area contributed by atoms with Gasteiger partial charge < -0.3 is 15.1 Å². The molecule has 2 amide bonds. The third-order valence-electron chi connectivity index (χ3n) is 6.24. The molecule has 3 aromatic carbocycles. The zero-order valence-corrected chi connectivity index (χ0v) is 20.4. The molecular weight excluding hydrogens is 479 g/mol. The minimum atomic E-state index is -0.344. The Bertz CT molecular complexity index is 1420. The molecule has 9 heteroatoms. The average molecular weight is 503 g/mol. The van der Waals surface area contributed by atoms with Gasteiger partial charge in [0.2, 0.25) is 0 Å². The molecule has 1 fully saturated rings. The van der Waals surface area contributed by atoms with Gasteiger partial charge in [-0.1, -0.05) is 36.4 Å². The Labute approximate surface area is 214 Å². The molecule has 7 nitrogen and oxygen atoms in total. The normalized spacial score (nSPS) is 15.2. The Kier molecular flexibility index (Phi) is 7.32. The number of fused-ring (bicyclic) bond motifs is 1. The summed E-state index contributed by atoms with van der Waals surface area (Å²) in [5.74, 6) is 0.437. The molecule has 0 spiro atoms. The van der Waals surface area contributed by atoms with Gasteiger partial charge in [0.1, 0.15) is 11.5 Å². The molecule has 1 aliphatic rings. The molecular formula is C27H24ClFN6O. The third-order valence-corrected chi connectivity index (χ3v) is 6.24. The van der Waals surface area contributed by atoms with E-state index in [4.69, 9.17) is 5.26 Å². The van der Waals surface area contributed by atoms with E-state index in [-0.39, 0.29) is 30.3 Å². The Hall–Kier alpha value is -4.22. The number of benzene rings is 3. The largest absolute Gasteiger partial charge is 0.351 e. The van der Waals surface area contributed by atoms with Crippen LogP contribution in [0.3, 0.4) is 0 Å². The number of hydrogen-bond donors (Lipinski definition) is 1. The topological polar surface area (TPSA) is 85.2 Å². The highest BCUT2D eigenvalue weighted by Gasteiger charge is 2.29. The van der Waals surface area contributed by atoms with Crippen molar-refractivity contribution in [2.24, 2.45) is 0 Å². The Morgan fingerprint density at radius 3 is 2.36 bits per heavy atom. The summed E-state index contributed by atoms with van der Waals surface area (Å²) in [4.78, 5) is 16.8. The lowest BCUT2D eigenvalue weighted by atomic mass is 10.0. The Morgan fingerprint density at radius 1 is 1.00 bits per heavy atom. The number of carbonyl (C=O) groups is 1. The van der Waals surface area contributed by atoms with Crippen LogP contribution >= 0.6 is 12.4 Å². The van der Waals surface area contributed by atoms with Crippen molar-refractivity contribution in [2.45, 2.75) is 13.0 Å². The summed E-state index contributed by atoms with van der Waals surface area (Å²) in [6.45, 7) is 3.72. The lowest BCUT2D eigenvalue weighted by Crippen LogP contribution is -2.55. The average Bonchev–Trinajstić information content (AvgIpc) is 2.89. The van der Waals surface area contributed by atoms with Crippen LogP contribution in [0, 0.1) is 17.1 Å². The van der Waals surface area contributed by atoms with Crippen molar-refractivity contribution in [1.82, 2.24) is 15.1 Å². The second-order valence-corrected chi connectivity index (χ2v) is 8.53. The highest BCUT2D eigenvalue weighted by Crippen LogP contribution is 2.32. The molecule has 1 aromatic heterocycles. The first-order chi connectivity index (χ1) is 17.0. The van der Waals surface area contributed by atoms with Gasteiger partial charge >= 0.3 is 6.03 Å². The molecule has 5 rings (SSSR count). The minimum absolute atomic E-state index is 0. The van der Waals surface area contributed by atoms with Gasteiger partial charge in [0, 0.05) is 47.7 Å². The third kappa shape index (κ3) is 4.92. The van der Waals surface area contributed by atoms with Crippen molar-refractivity contribution in [3.8, 4) is 17.3 Å². The number of aromatic nitrogens is 2. The monoisotopic (exact) mass is 502 g/mol. The lowest BCUT2D eigenvalue weighted by Gasteiger charge is -2.40. The molecule has 0 saturated carbocycles. The van der Waals surface area contributed by atoms with Crippen LogP contribution in [0.25, 0.3) is 22.0 Å². The summed E-state index contributed by atoms with van der Waals surface area (Å²) in [6.07, 6.45) is 0. The molecule has 1 saturated heterocycles. The first kappa shape index (κ1) is 24.9. The van der Waals surface area contributed by atoms with Gasteiger partial charge in [0.15, 0.2) is 5.82 Å². The number of carbonyl (C=O) groups excluding carboxylic acids is 1. The van der Waals surface area contributed by atoms with E-state index in [1.807, 2.05) is 43.3 Å². The van der Waals surface area contributed by atoms with E-state index >= 15 is 0 Å². The van der Waals surface area contributed by atoms with Crippen molar-refractivity contribution >= 4 is 40.7 Å². The zero-order valence-electron chi connectivity index (χ0n) is 19.6. The molecule has 4 aromatic rings. The summed E-state index contributed by atoms with van der Waals surface area (Å²) >= 11 is 0. The quantitative estimate of drug-likeness (QED) is 0.401. The van der Waals surface area contributed by atoms with E-state index in [0.29, 0.717) is 30.9 Å². The van der Waals surface area contributed by atoms with Crippen LogP contribution in [-0.4, -0.2) is 46.8 Å². The molecule has 2 heterocycles. The number of hydrogen-bond acceptors (Lipinski definition) is 5. The number of urea groups is 1. The fraction of sp³-hybridized carbons (Fsp3) is 0.185. The van der Waals surface area contributed by atoms with Crippen LogP contribution in [-0.2, 0) is 0 Å². The SMILES string of the molecule is C[C@H]1CN(c2nnc(-c3ccc(C#N)cc3)c3ccccc23)CCN1C(=O)Nc1ccc(F)cc1.Cl. The number of amides is 2. The van der Waals surface area contributed by atoms with Gasteiger partial charge in [-0.2, -0.15) is 5.26 Å². The fourth-order valence-corrected chi connectivity index (χ4v) is 4.42. The maximum atomic E-state index is 13.2. The van der Waals surface area contributed by atoms with E-state index in [2.05, 4.69) is 26.5 Å². The molecule has 36 heavy (non-hydrogen) atoms. The highest BCUT2D eigenvalue weighted by atomic mass is 35.5. The summed E-state index contributed by atoms with van der Waals surface area (Å²) < 4.78 is 13.2. The number of piperazine rings is 1. The Balaban J connectivity index is 0.00000304. The molecule has 1 aliphatic heterocycles. The summed E-state index contributed by atoms with van der Waals surface area (Å²) in [6, 6.07) is 22.9. The number of nitrogens with one attached hydrogen (secondary N) is 1. The van der Waals surface area contributed by atoms with Gasteiger partial charge in [-0.05, 0) is 43.3 Å². The van der Waals surface area contributed by atoms with Crippen molar-refractivity contribution in [2.75, 3.05) is 29.9 Å². The van der Waals surface area contributed by atoms with Crippen LogP contribution in [0.5, 0.6) is 0 Å². The van der Waals surface area contributed by atoms with Gasteiger partial charge in [-0.3, -0.25) is 0 Å². The van der Waals surface area contributed by atoms with Gasteiger partial charge in [0.25, 0.3) is 0 Å². The smallest absolute Gasteiger partial charge is 0.322 e. The zero-order chi connectivity index (χ0) is 24.4.